The predicted octanol–water partition coefficient (Wildman–Crippen LogP) is 4.49. The molecule has 0 saturated heterocycles. The monoisotopic (exact) mass is 278 g/mol. The van der Waals surface area contributed by atoms with Gasteiger partial charge in [-0.05, 0) is 25.1 Å². The fraction of sp³-hybridized carbons (Fsp3) is 0.706. The molecule has 1 rings (SSSR count). The Bertz CT molecular complexity index is 355. The van der Waals surface area contributed by atoms with E-state index in [1.807, 2.05) is 13.2 Å². The molecular weight excluding hydrogens is 248 g/mol. The highest BCUT2D eigenvalue weighted by atomic mass is 16.5. The zero-order valence-corrected chi connectivity index (χ0v) is 13.3. The molecule has 1 unspecified atom stereocenters. The van der Waals surface area contributed by atoms with Gasteiger partial charge in [-0.15, -0.1) is 0 Å². The summed E-state index contributed by atoms with van der Waals surface area (Å²) in [6, 6.07) is 2.46. The van der Waals surface area contributed by atoms with Crippen molar-refractivity contribution < 1.29 is 4.74 Å². The summed E-state index contributed by atoms with van der Waals surface area (Å²) >= 11 is 0. The fourth-order valence-corrected chi connectivity index (χ4v) is 2.52. The molecule has 1 atom stereocenters. The first-order valence-electron chi connectivity index (χ1n) is 7.98. The minimum Gasteiger partial charge on any atom is -0.495 e. The minimum absolute atomic E-state index is 0.383. The highest BCUT2D eigenvalue weighted by Crippen LogP contribution is 2.22. The summed E-state index contributed by atoms with van der Waals surface area (Å²) in [6.07, 6.45) is 14.3. The number of rotatable bonds is 11. The van der Waals surface area contributed by atoms with Crippen LogP contribution in [0.5, 0.6) is 5.75 Å². The van der Waals surface area contributed by atoms with Crippen LogP contribution in [-0.4, -0.2) is 19.1 Å². The molecule has 1 aromatic heterocycles. The van der Waals surface area contributed by atoms with E-state index in [0.717, 1.165) is 5.75 Å². The van der Waals surface area contributed by atoms with Crippen LogP contribution < -0.4 is 10.1 Å². The average Bonchev–Trinajstić information content (AvgIpc) is 2.50. The lowest BCUT2D eigenvalue weighted by Crippen LogP contribution is -2.16. The second-order valence-electron chi connectivity index (χ2n) is 5.41. The maximum absolute atomic E-state index is 5.24. The molecule has 0 radical (unpaired) electrons. The summed E-state index contributed by atoms with van der Waals surface area (Å²) in [5.74, 6) is 0.835. The van der Waals surface area contributed by atoms with Crippen molar-refractivity contribution in [2.45, 2.75) is 64.3 Å². The van der Waals surface area contributed by atoms with Crippen molar-refractivity contribution in [3.05, 3.63) is 24.0 Å². The number of unbranched alkanes of at least 4 members (excludes halogenated alkanes) is 6. The SMILES string of the molecule is CCCCCCCCCC(NC)c1cncc(OC)c1. The molecule has 0 amide bonds. The number of nitrogens with zero attached hydrogens (tertiary/aromatic N) is 1. The standard InChI is InChI=1S/C17H30N2O/c1-4-5-6-7-8-9-10-11-17(18-2)15-12-16(20-3)14-19-13-15/h12-14,17-18H,4-11H2,1-3H3. The van der Waals surface area contributed by atoms with Crippen molar-refractivity contribution >= 4 is 0 Å². The van der Waals surface area contributed by atoms with Gasteiger partial charge in [0, 0.05) is 12.2 Å². The van der Waals surface area contributed by atoms with Gasteiger partial charge in [-0.1, -0.05) is 51.9 Å². The number of pyridine rings is 1. The smallest absolute Gasteiger partial charge is 0.137 e. The van der Waals surface area contributed by atoms with Crippen molar-refractivity contribution in [3.63, 3.8) is 0 Å². The van der Waals surface area contributed by atoms with Crippen molar-refractivity contribution in [1.82, 2.24) is 10.3 Å². The van der Waals surface area contributed by atoms with E-state index in [9.17, 15) is 0 Å². The number of hydrogen-bond donors (Lipinski definition) is 1. The molecule has 0 aliphatic rings. The third-order valence-electron chi connectivity index (χ3n) is 3.82. The molecule has 1 aromatic rings. The fourth-order valence-electron chi connectivity index (χ4n) is 2.52. The molecule has 3 nitrogen and oxygen atoms in total. The second-order valence-corrected chi connectivity index (χ2v) is 5.41. The van der Waals surface area contributed by atoms with Crippen molar-refractivity contribution in [2.75, 3.05) is 14.2 Å². The lowest BCUT2D eigenvalue weighted by atomic mass is 10.0. The van der Waals surface area contributed by atoms with Gasteiger partial charge in [-0.2, -0.15) is 0 Å². The summed E-state index contributed by atoms with van der Waals surface area (Å²) in [6.45, 7) is 2.26. The van der Waals surface area contributed by atoms with E-state index in [4.69, 9.17) is 4.74 Å². The van der Waals surface area contributed by atoms with E-state index < -0.39 is 0 Å². The molecule has 1 N–H and O–H groups in total. The van der Waals surface area contributed by atoms with E-state index >= 15 is 0 Å². The minimum atomic E-state index is 0.383. The van der Waals surface area contributed by atoms with Crippen molar-refractivity contribution in [2.24, 2.45) is 0 Å². The Morgan fingerprint density at radius 3 is 2.45 bits per heavy atom. The van der Waals surface area contributed by atoms with Gasteiger partial charge < -0.3 is 10.1 Å². The Morgan fingerprint density at radius 1 is 1.10 bits per heavy atom. The van der Waals surface area contributed by atoms with Gasteiger partial charge >= 0.3 is 0 Å². The van der Waals surface area contributed by atoms with Gasteiger partial charge in [0.2, 0.25) is 0 Å². The van der Waals surface area contributed by atoms with Gasteiger partial charge in [-0.25, -0.2) is 0 Å². The van der Waals surface area contributed by atoms with Crippen LogP contribution in [0.15, 0.2) is 18.5 Å². The van der Waals surface area contributed by atoms with Crippen LogP contribution in [0.25, 0.3) is 0 Å². The van der Waals surface area contributed by atoms with E-state index in [0.29, 0.717) is 6.04 Å². The predicted molar refractivity (Wildman–Crippen MR) is 85.2 cm³/mol. The lowest BCUT2D eigenvalue weighted by molar-refractivity contribution is 0.410. The van der Waals surface area contributed by atoms with E-state index in [-0.39, 0.29) is 0 Å². The summed E-state index contributed by atoms with van der Waals surface area (Å²) in [5.41, 5.74) is 1.22. The van der Waals surface area contributed by atoms with Gasteiger partial charge in [-0.3, -0.25) is 4.98 Å². The topological polar surface area (TPSA) is 34.2 Å². The third-order valence-corrected chi connectivity index (χ3v) is 3.82. The van der Waals surface area contributed by atoms with Gasteiger partial charge in [0.25, 0.3) is 0 Å². The molecule has 0 aliphatic heterocycles. The van der Waals surface area contributed by atoms with Gasteiger partial charge in [0.1, 0.15) is 5.75 Å². The highest BCUT2D eigenvalue weighted by Gasteiger charge is 2.10. The molecule has 1 heterocycles. The van der Waals surface area contributed by atoms with Crippen LogP contribution in [0.3, 0.4) is 0 Å². The number of aromatic nitrogens is 1. The van der Waals surface area contributed by atoms with Crippen molar-refractivity contribution in [3.8, 4) is 5.75 Å². The van der Waals surface area contributed by atoms with E-state index in [1.165, 1.54) is 56.9 Å². The molecule has 0 aliphatic carbocycles. The number of methoxy groups -OCH3 is 1. The van der Waals surface area contributed by atoms with Crippen LogP contribution in [-0.2, 0) is 0 Å². The summed E-state index contributed by atoms with van der Waals surface area (Å²) in [7, 11) is 3.71. The Balaban J connectivity index is 2.28. The Morgan fingerprint density at radius 2 is 1.80 bits per heavy atom. The first kappa shape index (κ1) is 17.0. The Kier molecular flexibility index (Phi) is 9.05. The average molecular weight is 278 g/mol. The van der Waals surface area contributed by atoms with Crippen LogP contribution >= 0.6 is 0 Å². The second kappa shape index (κ2) is 10.7. The van der Waals surface area contributed by atoms with Crippen molar-refractivity contribution in [1.29, 1.82) is 0 Å². The zero-order valence-electron chi connectivity index (χ0n) is 13.3. The Hall–Kier alpha value is -1.09. The maximum Gasteiger partial charge on any atom is 0.137 e. The highest BCUT2D eigenvalue weighted by molar-refractivity contribution is 5.25. The van der Waals surface area contributed by atoms with Crippen LogP contribution in [0.1, 0.15) is 69.9 Å². The van der Waals surface area contributed by atoms with Crippen LogP contribution in [0.2, 0.25) is 0 Å². The lowest BCUT2D eigenvalue weighted by Gasteiger charge is -2.16. The normalized spacial score (nSPS) is 12.3. The van der Waals surface area contributed by atoms with Gasteiger partial charge in [0.15, 0.2) is 0 Å². The number of nitrogens with one attached hydrogen (secondary N) is 1. The summed E-state index contributed by atoms with van der Waals surface area (Å²) in [4.78, 5) is 4.24. The summed E-state index contributed by atoms with van der Waals surface area (Å²) in [5, 5.41) is 3.39. The van der Waals surface area contributed by atoms with E-state index in [2.05, 4.69) is 23.3 Å². The Labute approximate surface area is 124 Å². The molecule has 114 valence electrons. The van der Waals surface area contributed by atoms with E-state index in [1.54, 1.807) is 13.3 Å². The molecular formula is C17H30N2O. The zero-order chi connectivity index (χ0) is 14.6. The third kappa shape index (κ3) is 6.38. The van der Waals surface area contributed by atoms with Crippen LogP contribution in [0.4, 0.5) is 0 Å². The molecule has 0 aromatic carbocycles. The molecule has 0 spiro atoms. The van der Waals surface area contributed by atoms with Gasteiger partial charge in [0.05, 0.1) is 13.3 Å². The number of hydrogen-bond acceptors (Lipinski definition) is 3. The molecule has 0 saturated carbocycles. The first-order valence-corrected chi connectivity index (χ1v) is 7.98. The quantitative estimate of drug-likeness (QED) is 0.605. The number of ether oxygens (including phenoxy) is 1. The van der Waals surface area contributed by atoms with Crippen LogP contribution in [0, 0.1) is 0 Å². The molecule has 20 heavy (non-hydrogen) atoms. The largest absolute Gasteiger partial charge is 0.495 e. The maximum atomic E-state index is 5.24. The molecule has 0 fully saturated rings. The molecule has 3 heteroatoms. The first-order chi connectivity index (χ1) is 9.81. The molecule has 0 bridgehead atoms. The summed E-state index contributed by atoms with van der Waals surface area (Å²) < 4.78 is 5.24.